The Hall–Kier alpha value is -2.99. The van der Waals surface area contributed by atoms with Crippen LogP contribution in [0.3, 0.4) is 0 Å². The van der Waals surface area contributed by atoms with E-state index in [0.717, 1.165) is 10.5 Å². The van der Waals surface area contributed by atoms with Crippen molar-refractivity contribution in [3.63, 3.8) is 0 Å². The fourth-order valence-corrected chi connectivity index (χ4v) is 2.92. The molecule has 1 aliphatic heterocycles. The van der Waals surface area contributed by atoms with Gasteiger partial charge in [0.15, 0.2) is 0 Å². The van der Waals surface area contributed by atoms with Crippen molar-refractivity contribution in [1.82, 2.24) is 15.0 Å². The Kier molecular flexibility index (Phi) is 3.62. The van der Waals surface area contributed by atoms with Crippen LogP contribution in [0.2, 0.25) is 5.02 Å². The Bertz CT molecular complexity index is 946. The van der Waals surface area contributed by atoms with Gasteiger partial charge in [-0.15, -0.1) is 0 Å². The van der Waals surface area contributed by atoms with Crippen molar-refractivity contribution in [2.24, 2.45) is 0 Å². The number of aromatic nitrogens is 2. The van der Waals surface area contributed by atoms with Gasteiger partial charge in [-0.05, 0) is 43.3 Å². The molecule has 0 saturated carbocycles. The van der Waals surface area contributed by atoms with Crippen LogP contribution in [-0.4, -0.2) is 26.9 Å². The van der Waals surface area contributed by atoms with Crippen molar-refractivity contribution in [3.05, 3.63) is 70.6 Å². The number of nitrogens with zero attached hydrogens (tertiary/aromatic N) is 3. The number of amides is 2. The molecule has 0 saturated heterocycles. The van der Waals surface area contributed by atoms with Crippen LogP contribution < -0.4 is 0 Å². The molecule has 0 aliphatic carbocycles. The van der Waals surface area contributed by atoms with Crippen LogP contribution >= 0.6 is 11.6 Å². The second-order valence-electron chi connectivity index (χ2n) is 5.66. The van der Waals surface area contributed by atoms with Crippen LogP contribution in [0.15, 0.2) is 53.1 Å². The molecule has 2 heterocycles. The van der Waals surface area contributed by atoms with Crippen LogP contribution in [0.1, 0.15) is 39.6 Å². The number of fused-ring (bicyclic) bond motifs is 1. The molecule has 1 aliphatic rings. The molecule has 2 amide bonds. The fourth-order valence-electron chi connectivity index (χ4n) is 2.79. The number of imide groups is 1. The lowest BCUT2D eigenvalue weighted by molar-refractivity contribution is 0.0568. The minimum absolute atomic E-state index is 0.194. The Labute approximate surface area is 148 Å². The summed E-state index contributed by atoms with van der Waals surface area (Å²) in [7, 11) is 0. The predicted molar refractivity (Wildman–Crippen MR) is 90.1 cm³/mol. The summed E-state index contributed by atoms with van der Waals surface area (Å²) in [6, 6.07) is 13.0. The normalized spacial score (nSPS) is 14.7. The number of hydrogen-bond acceptors (Lipinski definition) is 5. The lowest BCUT2D eigenvalue weighted by Gasteiger charge is -2.18. The molecule has 0 bridgehead atoms. The second-order valence-corrected chi connectivity index (χ2v) is 6.10. The van der Waals surface area contributed by atoms with Gasteiger partial charge >= 0.3 is 0 Å². The zero-order chi connectivity index (χ0) is 17.6. The van der Waals surface area contributed by atoms with E-state index < -0.39 is 6.04 Å². The molecule has 7 heteroatoms. The quantitative estimate of drug-likeness (QED) is 0.670. The first kappa shape index (κ1) is 15.5. The van der Waals surface area contributed by atoms with Gasteiger partial charge in [0.25, 0.3) is 11.8 Å². The maximum absolute atomic E-state index is 12.5. The average Bonchev–Trinajstić information content (AvgIpc) is 3.20. The van der Waals surface area contributed by atoms with Crippen molar-refractivity contribution in [1.29, 1.82) is 0 Å². The maximum Gasteiger partial charge on any atom is 0.262 e. The molecule has 0 unspecified atom stereocenters. The molecule has 1 atom stereocenters. The first-order valence-electron chi connectivity index (χ1n) is 7.62. The zero-order valence-corrected chi connectivity index (χ0v) is 13.9. The monoisotopic (exact) mass is 353 g/mol. The predicted octanol–water partition coefficient (Wildman–Crippen LogP) is 3.75. The molecule has 124 valence electrons. The third kappa shape index (κ3) is 2.51. The van der Waals surface area contributed by atoms with Gasteiger partial charge in [-0.25, -0.2) is 0 Å². The fraction of sp³-hybridized carbons (Fsp3) is 0.111. The van der Waals surface area contributed by atoms with E-state index in [1.54, 1.807) is 55.5 Å². The number of carbonyl (C=O) groups excluding carboxylic acids is 2. The summed E-state index contributed by atoms with van der Waals surface area (Å²) in [6.45, 7) is 1.68. The first-order valence-corrected chi connectivity index (χ1v) is 8.00. The van der Waals surface area contributed by atoms with Crippen LogP contribution in [0.4, 0.5) is 0 Å². The molecule has 6 nitrogen and oxygen atoms in total. The molecule has 4 rings (SSSR count). The molecule has 0 N–H and O–H groups in total. The van der Waals surface area contributed by atoms with E-state index in [-0.39, 0.29) is 17.7 Å². The van der Waals surface area contributed by atoms with Crippen molar-refractivity contribution in [3.8, 4) is 11.4 Å². The summed E-state index contributed by atoms with van der Waals surface area (Å²) in [5.41, 5.74) is 1.50. The van der Waals surface area contributed by atoms with Crippen LogP contribution in [0, 0.1) is 0 Å². The van der Waals surface area contributed by atoms with Gasteiger partial charge in [0.2, 0.25) is 11.7 Å². The highest BCUT2D eigenvalue weighted by atomic mass is 35.5. The average molecular weight is 354 g/mol. The number of carbonyl (C=O) groups is 2. The highest BCUT2D eigenvalue weighted by Crippen LogP contribution is 2.31. The van der Waals surface area contributed by atoms with Gasteiger partial charge in [0, 0.05) is 10.6 Å². The van der Waals surface area contributed by atoms with Gasteiger partial charge in [-0.3, -0.25) is 14.5 Å². The molecule has 0 fully saturated rings. The third-order valence-electron chi connectivity index (χ3n) is 4.11. The Morgan fingerprint density at radius 1 is 1.00 bits per heavy atom. The van der Waals surface area contributed by atoms with E-state index in [1.807, 2.05) is 0 Å². The molecule has 1 aromatic heterocycles. The lowest BCUT2D eigenvalue weighted by Crippen LogP contribution is -2.32. The maximum atomic E-state index is 12.5. The summed E-state index contributed by atoms with van der Waals surface area (Å²) in [5, 5.41) is 4.53. The molecular formula is C18H12ClN3O3. The first-order chi connectivity index (χ1) is 12.1. The summed E-state index contributed by atoms with van der Waals surface area (Å²) < 4.78 is 5.28. The molecule has 0 spiro atoms. The third-order valence-corrected chi connectivity index (χ3v) is 4.37. The smallest absolute Gasteiger partial charge is 0.262 e. The van der Waals surface area contributed by atoms with Gasteiger partial charge in [-0.2, -0.15) is 4.98 Å². The number of rotatable bonds is 3. The van der Waals surface area contributed by atoms with Crippen molar-refractivity contribution >= 4 is 23.4 Å². The van der Waals surface area contributed by atoms with Crippen molar-refractivity contribution in [2.45, 2.75) is 13.0 Å². The Morgan fingerprint density at radius 3 is 2.20 bits per heavy atom. The summed E-state index contributed by atoms with van der Waals surface area (Å²) in [4.78, 5) is 30.5. The molecule has 25 heavy (non-hydrogen) atoms. The second kappa shape index (κ2) is 5.82. The van der Waals surface area contributed by atoms with E-state index in [2.05, 4.69) is 10.1 Å². The van der Waals surface area contributed by atoms with E-state index in [4.69, 9.17) is 16.1 Å². The Morgan fingerprint density at radius 2 is 1.60 bits per heavy atom. The largest absolute Gasteiger partial charge is 0.337 e. The summed E-state index contributed by atoms with van der Waals surface area (Å²) in [5.74, 6) is -0.159. The number of benzene rings is 2. The lowest BCUT2D eigenvalue weighted by atomic mass is 10.1. The molecular weight excluding hydrogens is 342 g/mol. The van der Waals surface area contributed by atoms with Crippen molar-refractivity contribution < 1.29 is 14.1 Å². The number of halogens is 1. The molecule has 0 radical (unpaired) electrons. The van der Waals surface area contributed by atoms with E-state index in [9.17, 15) is 9.59 Å². The van der Waals surface area contributed by atoms with Crippen LogP contribution in [0.25, 0.3) is 11.4 Å². The van der Waals surface area contributed by atoms with Crippen molar-refractivity contribution in [2.75, 3.05) is 0 Å². The minimum atomic E-state index is -0.666. The van der Waals surface area contributed by atoms with Gasteiger partial charge in [-0.1, -0.05) is 28.9 Å². The highest BCUT2D eigenvalue weighted by Gasteiger charge is 2.40. The highest BCUT2D eigenvalue weighted by molar-refractivity contribution is 6.30. The minimum Gasteiger partial charge on any atom is -0.337 e. The van der Waals surface area contributed by atoms with E-state index in [0.29, 0.717) is 22.0 Å². The van der Waals surface area contributed by atoms with Gasteiger partial charge in [0.05, 0.1) is 11.1 Å². The topological polar surface area (TPSA) is 76.3 Å². The SMILES string of the molecule is C[C@@H](c1nc(-c2ccc(Cl)cc2)no1)N1C(=O)c2ccccc2C1=O. The zero-order valence-electron chi connectivity index (χ0n) is 13.1. The van der Waals surface area contributed by atoms with E-state index in [1.165, 1.54) is 0 Å². The molecule has 2 aromatic carbocycles. The van der Waals surface area contributed by atoms with Crippen LogP contribution in [-0.2, 0) is 0 Å². The molecule has 3 aromatic rings. The van der Waals surface area contributed by atoms with Gasteiger partial charge < -0.3 is 4.52 Å². The summed E-state index contributed by atoms with van der Waals surface area (Å²) >= 11 is 5.87. The Balaban J connectivity index is 1.64. The van der Waals surface area contributed by atoms with E-state index >= 15 is 0 Å². The van der Waals surface area contributed by atoms with Gasteiger partial charge in [0.1, 0.15) is 6.04 Å². The number of hydrogen-bond donors (Lipinski definition) is 0. The van der Waals surface area contributed by atoms with Crippen LogP contribution in [0.5, 0.6) is 0 Å². The standard InChI is InChI=1S/C18H12ClN3O3/c1-10(22-17(23)13-4-2-3-5-14(13)18(22)24)16-20-15(21-25-16)11-6-8-12(19)9-7-11/h2-10H,1H3/t10-/m0/s1. The summed E-state index contributed by atoms with van der Waals surface area (Å²) in [6.07, 6.45) is 0.